The summed E-state index contributed by atoms with van der Waals surface area (Å²) in [7, 11) is -2.00. The molecule has 0 radical (unpaired) electrons. The van der Waals surface area contributed by atoms with Crippen molar-refractivity contribution in [2.45, 2.75) is 51.8 Å². The van der Waals surface area contributed by atoms with Gasteiger partial charge >= 0.3 is 6.09 Å². The number of aromatic nitrogens is 2. The third-order valence-electron chi connectivity index (χ3n) is 5.48. The van der Waals surface area contributed by atoms with E-state index in [9.17, 15) is 13.2 Å². The third-order valence-corrected chi connectivity index (χ3v) is 6.94. The summed E-state index contributed by atoms with van der Waals surface area (Å²) in [5.74, 6) is 0.573. The van der Waals surface area contributed by atoms with Crippen LogP contribution in [0.3, 0.4) is 0 Å². The van der Waals surface area contributed by atoms with Crippen molar-refractivity contribution in [3.8, 4) is 17.0 Å². The molecule has 1 aliphatic heterocycles. The molecule has 11 heteroatoms. The van der Waals surface area contributed by atoms with Gasteiger partial charge in [0.2, 0.25) is 15.3 Å². The maximum absolute atomic E-state index is 12.8. The predicted octanol–water partition coefficient (Wildman–Crippen LogP) is 3.97. The second kappa shape index (κ2) is 10.5. The highest BCUT2D eigenvalue weighted by Crippen LogP contribution is 2.30. The molecule has 3 rings (SSSR count). The molecule has 0 N–H and O–H groups in total. The van der Waals surface area contributed by atoms with Crippen LogP contribution in [0.15, 0.2) is 30.5 Å². The van der Waals surface area contributed by atoms with Gasteiger partial charge in [0.05, 0.1) is 19.1 Å². The fourth-order valence-electron chi connectivity index (χ4n) is 3.91. The number of piperidine rings is 1. The van der Waals surface area contributed by atoms with Gasteiger partial charge in [-0.1, -0.05) is 0 Å². The third kappa shape index (κ3) is 6.80. The van der Waals surface area contributed by atoms with Gasteiger partial charge in [0, 0.05) is 43.0 Å². The van der Waals surface area contributed by atoms with E-state index in [2.05, 4.69) is 9.97 Å². The SMILES string of the molecule is COc1ccc(-c2ccnc(Cl)n2)cc1CN(C1CCN(C(=O)OC(C)(C)C)CC1)S(C)(=O)=O. The molecular formula is C23H31ClN4O5S. The van der Waals surface area contributed by atoms with Gasteiger partial charge in [0.15, 0.2) is 0 Å². The van der Waals surface area contributed by atoms with E-state index in [1.165, 1.54) is 10.6 Å². The van der Waals surface area contributed by atoms with E-state index in [-0.39, 0.29) is 24.0 Å². The fourth-order valence-corrected chi connectivity index (χ4v) is 5.18. The molecule has 0 bridgehead atoms. The molecule has 1 aromatic carbocycles. The Labute approximate surface area is 206 Å². The summed E-state index contributed by atoms with van der Waals surface area (Å²) in [6.07, 6.45) is 3.41. The minimum Gasteiger partial charge on any atom is -0.496 e. The van der Waals surface area contributed by atoms with E-state index >= 15 is 0 Å². The van der Waals surface area contributed by atoms with E-state index < -0.39 is 15.6 Å². The Bertz CT molecular complexity index is 1130. The van der Waals surface area contributed by atoms with E-state index in [0.29, 0.717) is 42.9 Å². The van der Waals surface area contributed by atoms with Gasteiger partial charge in [0.25, 0.3) is 0 Å². The first kappa shape index (κ1) is 26.2. The summed E-state index contributed by atoms with van der Waals surface area (Å²) >= 11 is 5.94. The highest BCUT2D eigenvalue weighted by Gasteiger charge is 2.33. The van der Waals surface area contributed by atoms with Gasteiger partial charge in [-0.15, -0.1) is 0 Å². The molecule has 186 valence electrons. The molecule has 34 heavy (non-hydrogen) atoms. The summed E-state index contributed by atoms with van der Waals surface area (Å²) in [6.45, 7) is 6.43. The predicted molar refractivity (Wildman–Crippen MR) is 130 cm³/mol. The first-order valence-electron chi connectivity index (χ1n) is 11.0. The van der Waals surface area contributed by atoms with Crippen molar-refractivity contribution >= 4 is 27.7 Å². The number of amides is 1. The van der Waals surface area contributed by atoms with E-state index in [0.717, 1.165) is 5.56 Å². The lowest BCUT2D eigenvalue weighted by molar-refractivity contribution is 0.0176. The van der Waals surface area contributed by atoms with Crippen molar-refractivity contribution in [2.24, 2.45) is 0 Å². The molecule has 1 amide bonds. The normalized spacial score (nSPS) is 15.4. The van der Waals surface area contributed by atoms with Gasteiger partial charge in [-0.25, -0.2) is 23.2 Å². The van der Waals surface area contributed by atoms with Gasteiger partial charge < -0.3 is 14.4 Å². The van der Waals surface area contributed by atoms with Crippen LogP contribution in [0.1, 0.15) is 39.2 Å². The molecule has 1 aliphatic rings. The summed E-state index contributed by atoms with van der Waals surface area (Å²) < 4.78 is 38.0. The van der Waals surface area contributed by atoms with Gasteiger partial charge in [-0.3, -0.25) is 0 Å². The Hall–Kier alpha value is -2.43. The van der Waals surface area contributed by atoms with Crippen LogP contribution in [0, 0.1) is 0 Å². The maximum atomic E-state index is 12.8. The summed E-state index contributed by atoms with van der Waals surface area (Å²) in [5.41, 5.74) is 1.52. The van der Waals surface area contributed by atoms with E-state index in [1.807, 2.05) is 32.9 Å². The molecule has 0 unspecified atom stereocenters. The highest BCUT2D eigenvalue weighted by atomic mass is 35.5. The first-order valence-corrected chi connectivity index (χ1v) is 13.2. The summed E-state index contributed by atoms with van der Waals surface area (Å²) in [5, 5.41) is 0.129. The van der Waals surface area contributed by atoms with Crippen molar-refractivity contribution in [3.05, 3.63) is 41.3 Å². The largest absolute Gasteiger partial charge is 0.496 e. The molecular weight excluding hydrogens is 480 g/mol. The lowest BCUT2D eigenvalue weighted by Crippen LogP contribution is -2.49. The van der Waals surface area contributed by atoms with Crippen molar-refractivity contribution < 1.29 is 22.7 Å². The topological polar surface area (TPSA) is 102 Å². The van der Waals surface area contributed by atoms with Crippen LogP contribution in [0.2, 0.25) is 5.28 Å². The number of hydrogen-bond donors (Lipinski definition) is 0. The van der Waals surface area contributed by atoms with Crippen molar-refractivity contribution in [1.29, 1.82) is 0 Å². The number of benzene rings is 1. The Morgan fingerprint density at radius 1 is 1.24 bits per heavy atom. The lowest BCUT2D eigenvalue weighted by Gasteiger charge is -2.37. The van der Waals surface area contributed by atoms with Crippen LogP contribution < -0.4 is 4.74 Å². The molecule has 2 heterocycles. The standard InChI is InChI=1S/C23H31ClN4O5S/c1-23(2,3)33-22(29)27-12-9-18(10-13-27)28(34(5,30)31)15-17-14-16(6-7-20(17)32-4)19-8-11-25-21(24)26-19/h6-8,11,14,18H,9-10,12-13,15H2,1-5H3. The number of nitrogens with zero attached hydrogens (tertiary/aromatic N) is 4. The maximum Gasteiger partial charge on any atom is 0.410 e. The Morgan fingerprint density at radius 3 is 2.47 bits per heavy atom. The van der Waals surface area contributed by atoms with Crippen LogP contribution in [-0.2, 0) is 21.3 Å². The van der Waals surface area contributed by atoms with E-state index in [1.54, 1.807) is 30.3 Å². The van der Waals surface area contributed by atoms with Crippen LogP contribution >= 0.6 is 11.6 Å². The number of carbonyl (C=O) groups excluding carboxylic acids is 1. The quantitative estimate of drug-likeness (QED) is 0.542. The molecule has 0 saturated carbocycles. The summed E-state index contributed by atoms with van der Waals surface area (Å²) in [4.78, 5) is 22.2. The summed E-state index contributed by atoms with van der Waals surface area (Å²) in [6, 6.07) is 6.96. The number of sulfonamides is 1. The van der Waals surface area contributed by atoms with Crippen LogP contribution in [0.5, 0.6) is 5.75 Å². The molecule has 1 saturated heterocycles. The average molecular weight is 511 g/mol. The average Bonchev–Trinajstić information content (AvgIpc) is 2.75. The van der Waals surface area contributed by atoms with Crippen LogP contribution in [0.4, 0.5) is 4.79 Å². The zero-order chi connectivity index (χ0) is 25.1. The molecule has 0 aliphatic carbocycles. The number of carbonyl (C=O) groups is 1. The van der Waals surface area contributed by atoms with E-state index in [4.69, 9.17) is 21.1 Å². The first-order chi connectivity index (χ1) is 15.9. The zero-order valence-corrected chi connectivity index (χ0v) is 21.7. The molecule has 9 nitrogen and oxygen atoms in total. The lowest BCUT2D eigenvalue weighted by atomic mass is 10.0. The number of rotatable bonds is 6. The number of halogens is 1. The van der Waals surface area contributed by atoms with Crippen molar-refractivity contribution in [3.63, 3.8) is 0 Å². The second-order valence-corrected chi connectivity index (χ2v) is 11.5. The Kier molecular flexibility index (Phi) is 8.05. The molecule has 2 aromatic rings. The molecule has 1 aromatic heterocycles. The number of hydrogen-bond acceptors (Lipinski definition) is 7. The fraction of sp³-hybridized carbons (Fsp3) is 0.522. The number of likely N-dealkylation sites (tertiary alicyclic amines) is 1. The number of methoxy groups -OCH3 is 1. The molecule has 1 fully saturated rings. The molecule has 0 atom stereocenters. The smallest absolute Gasteiger partial charge is 0.410 e. The minimum atomic E-state index is -3.54. The monoisotopic (exact) mass is 510 g/mol. The number of ether oxygens (including phenoxy) is 2. The Balaban J connectivity index is 1.81. The minimum absolute atomic E-state index is 0.129. The van der Waals surface area contributed by atoms with Gasteiger partial charge in [-0.05, 0) is 69.5 Å². The van der Waals surface area contributed by atoms with Crippen LogP contribution in [-0.4, -0.2) is 71.8 Å². The zero-order valence-electron chi connectivity index (χ0n) is 20.1. The molecule has 0 spiro atoms. The highest BCUT2D eigenvalue weighted by molar-refractivity contribution is 7.88. The Morgan fingerprint density at radius 2 is 1.91 bits per heavy atom. The second-order valence-electron chi connectivity index (χ2n) is 9.24. The van der Waals surface area contributed by atoms with Crippen molar-refractivity contribution in [1.82, 2.24) is 19.2 Å². The van der Waals surface area contributed by atoms with Crippen LogP contribution in [0.25, 0.3) is 11.3 Å². The van der Waals surface area contributed by atoms with Gasteiger partial charge in [0.1, 0.15) is 11.4 Å². The van der Waals surface area contributed by atoms with Crippen molar-refractivity contribution in [2.75, 3.05) is 26.5 Å². The van der Waals surface area contributed by atoms with Gasteiger partial charge in [-0.2, -0.15) is 4.31 Å².